The normalized spacial score (nSPS) is 18.9. The largest absolute Gasteiger partial charge is 0.317 e. The predicted molar refractivity (Wildman–Crippen MR) is 66.3 cm³/mol. The highest BCUT2D eigenvalue weighted by Crippen LogP contribution is 2.13. The van der Waals surface area contributed by atoms with Gasteiger partial charge in [0, 0.05) is 24.5 Å². The molecule has 1 aliphatic heterocycles. The Morgan fingerprint density at radius 2 is 2.12 bits per heavy atom. The first-order valence-electron chi connectivity index (χ1n) is 6.09. The molecule has 3 heteroatoms. The molecule has 0 saturated carbocycles. The van der Waals surface area contributed by atoms with Gasteiger partial charge in [-0.3, -0.25) is 9.88 Å². The van der Waals surface area contributed by atoms with Crippen LogP contribution in [0.1, 0.15) is 24.1 Å². The van der Waals surface area contributed by atoms with Crippen molar-refractivity contribution in [1.29, 1.82) is 0 Å². The maximum atomic E-state index is 4.34. The van der Waals surface area contributed by atoms with Gasteiger partial charge in [0.25, 0.3) is 0 Å². The Morgan fingerprint density at radius 3 is 2.69 bits per heavy atom. The predicted octanol–water partition coefficient (Wildman–Crippen LogP) is 1.57. The van der Waals surface area contributed by atoms with Crippen LogP contribution < -0.4 is 5.32 Å². The second kappa shape index (κ2) is 5.41. The number of hydrogen-bond acceptors (Lipinski definition) is 3. The average Bonchev–Trinajstić information content (AvgIpc) is 2.33. The minimum atomic E-state index is 0.715. The molecule has 0 radical (unpaired) electrons. The van der Waals surface area contributed by atoms with Gasteiger partial charge in [-0.25, -0.2) is 0 Å². The molecule has 16 heavy (non-hydrogen) atoms. The SMILES string of the molecule is CNC1CCN(Cc2ccc(C)nc2)CC1. The molecule has 1 aliphatic rings. The van der Waals surface area contributed by atoms with Crippen molar-refractivity contribution >= 4 is 0 Å². The number of piperidine rings is 1. The molecule has 0 bridgehead atoms. The van der Waals surface area contributed by atoms with Gasteiger partial charge in [-0.05, 0) is 51.5 Å². The third-order valence-corrected chi connectivity index (χ3v) is 3.37. The number of rotatable bonds is 3. The van der Waals surface area contributed by atoms with Crippen LogP contribution in [0, 0.1) is 6.92 Å². The number of hydrogen-bond donors (Lipinski definition) is 1. The van der Waals surface area contributed by atoms with E-state index in [-0.39, 0.29) is 0 Å². The molecule has 0 atom stereocenters. The summed E-state index contributed by atoms with van der Waals surface area (Å²) in [7, 11) is 2.06. The lowest BCUT2D eigenvalue weighted by Crippen LogP contribution is -2.40. The van der Waals surface area contributed by atoms with Crippen molar-refractivity contribution in [1.82, 2.24) is 15.2 Å². The first-order chi connectivity index (χ1) is 7.78. The molecule has 0 aromatic carbocycles. The van der Waals surface area contributed by atoms with Crippen LogP contribution in [0.5, 0.6) is 0 Å². The molecule has 1 fully saturated rings. The molecule has 0 amide bonds. The molecule has 1 saturated heterocycles. The number of nitrogens with one attached hydrogen (secondary N) is 1. The van der Waals surface area contributed by atoms with Gasteiger partial charge in [-0.15, -0.1) is 0 Å². The lowest BCUT2D eigenvalue weighted by atomic mass is 10.0. The second-order valence-electron chi connectivity index (χ2n) is 4.65. The topological polar surface area (TPSA) is 28.2 Å². The van der Waals surface area contributed by atoms with Crippen LogP contribution >= 0.6 is 0 Å². The average molecular weight is 219 g/mol. The molecular formula is C13H21N3. The van der Waals surface area contributed by atoms with Crippen molar-refractivity contribution in [2.24, 2.45) is 0 Å². The van der Waals surface area contributed by atoms with E-state index in [0.29, 0.717) is 6.04 Å². The van der Waals surface area contributed by atoms with Gasteiger partial charge in [0.1, 0.15) is 0 Å². The number of pyridine rings is 1. The van der Waals surface area contributed by atoms with Crippen molar-refractivity contribution in [2.75, 3.05) is 20.1 Å². The molecule has 1 aromatic rings. The molecule has 0 spiro atoms. The van der Waals surface area contributed by atoms with Gasteiger partial charge in [0.15, 0.2) is 0 Å². The van der Waals surface area contributed by atoms with Crippen LogP contribution in [-0.2, 0) is 6.54 Å². The lowest BCUT2D eigenvalue weighted by molar-refractivity contribution is 0.194. The van der Waals surface area contributed by atoms with Gasteiger partial charge < -0.3 is 5.32 Å². The van der Waals surface area contributed by atoms with E-state index in [1.54, 1.807) is 0 Å². The minimum absolute atomic E-state index is 0.715. The molecule has 0 aliphatic carbocycles. The molecule has 2 rings (SSSR count). The van der Waals surface area contributed by atoms with E-state index < -0.39 is 0 Å². The maximum absolute atomic E-state index is 4.34. The van der Waals surface area contributed by atoms with Crippen LogP contribution in [0.2, 0.25) is 0 Å². The van der Waals surface area contributed by atoms with Crippen molar-refractivity contribution in [3.8, 4) is 0 Å². The first kappa shape index (κ1) is 11.6. The Kier molecular flexibility index (Phi) is 3.91. The number of nitrogens with zero attached hydrogens (tertiary/aromatic N) is 2. The van der Waals surface area contributed by atoms with E-state index >= 15 is 0 Å². The Balaban J connectivity index is 1.84. The highest BCUT2D eigenvalue weighted by molar-refractivity contribution is 5.13. The monoisotopic (exact) mass is 219 g/mol. The second-order valence-corrected chi connectivity index (χ2v) is 4.65. The zero-order valence-corrected chi connectivity index (χ0v) is 10.2. The zero-order chi connectivity index (χ0) is 11.4. The fourth-order valence-corrected chi connectivity index (χ4v) is 2.23. The molecule has 0 unspecified atom stereocenters. The van der Waals surface area contributed by atoms with E-state index in [2.05, 4.69) is 34.4 Å². The van der Waals surface area contributed by atoms with E-state index in [0.717, 1.165) is 12.2 Å². The Bertz CT molecular complexity index is 312. The highest BCUT2D eigenvalue weighted by Gasteiger charge is 2.17. The van der Waals surface area contributed by atoms with E-state index in [1.807, 2.05) is 13.1 Å². The van der Waals surface area contributed by atoms with Gasteiger partial charge in [-0.2, -0.15) is 0 Å². The molecule has 1 N–H and O–H groups in total. The first-order valence-corrected chi connectivity index (χ1v) is 6.09. The quantitative estimate of drug-likeness (QED) is 0.836. The maximum Gasteiger partial charge on any atom is 0.0372 e. The lowest BCUT2D eigenvalue weighted by Gasteiger charge is -2.31. The molecule has 1 aromatic heterocycles. The van der Waals surface area contributed by atoms with Crippen molar-refractivity contribution in [3.05, 3.63) is 29.6 Å². The molecular weight excluding hydrogens is 198 g/mol. The minimum Gasteiger partial charge on any atom is -0.317 e. The Morgan fingerprint density at radius 1 is 1.38 bits per heavy atom. The summed E-state index contributed by atoms with van der Waals surface area (Å²) < 4.78 is 0. The molecule has 2 heterocycles. The van der Waals surface area contributed by atoms with Crippen molar-refractivity contribution in [3.63, 3.8) is 0 Å². The third kappa shape index (κ3) is 3.03. The summed E-state index contributed by atoms with van der Waals surface area (Å²) in [6.45, 7) is 5.46. The summed E-state index contributed by atoms with van der Waals surface area (Å²) in [6, 6.07) is 5.00. The van der Waals surface area contributed by atoms with Gasteiger partial charge >= 0.3 is 0 Å². The number of aromatic nitrogens is 1. The van der Waals surface area contributed by atoms with E-state index in [9.17, 15) is 0 Å². The Labute approximate surface area is 97.9 Å². The summed E-state index contributed by atoms with van der Waals surface area (Å²) >= 11 is 0. The summed E-state index contributed by atoms with van der Waals surface area (Å²) in [6.07, 6.45) is 4.52. The van der Waals surface area contributed by atoms with Gasteiger partial charge in [-0.1, -0.05) is 6.07 Å². The van der Waals surface area contributed by atoms with Crippen LogP contribution in [0.3, 0.4) is 0 Å². The zero-order valence-electron chi connectivity index (χ0n) is 10.2. The van der Waals surface area contributed by atoms with Gasteiger partial charge in [0.05, 0.1) is 0 Å². The fraction of sp³-hybridized carbons (Fsp3) is 0.615. The summed E-state index contributed by atoms with van der Waals surface area (Å²) in [5.41, 5.74) is 2.42. The number of aryl methyl sites for hydroxylation is 1. The smallest absolute Gasteiger partial charge is 0.0372 e. The van der Waals surface area contributed by atoms with E-state index in [4.69, 9.17) is 0 Å². The number of likely N-dealkylation sites (tertiary alicyclic amines) is 1. The van der Waals surface area contributed by atoms with Crippen LogP contribution in [0.25, 0.3) is 0 Å². The standard InChI is InChI=1S/C13H21N3/c1-11-3-4-12(9-15-11)10-16-7-5-13(14-2)6-8-16/h3-4,9,13-14H,5-8,10H2,1-2H3. The van der Waals surface area contributed by atoms with Crippen molar-refractivity contribution in [2.45, 2.75) is 32.4 Å². The van der Waals surface area contributed by atoms with Crippen LogP contribution in [0.4, 0.5) is 0 Å². The summed E-state index contributed by atoms with van der Waals surface area (Å²) in [5, 5.41) is 3.36. The molecule has 88 valence electrons. The summed E-state index contributed by atoms with van der Waals surface area (Å²) in [5.74, 6) is 0. The van der Waals surface area contributed by atoms with E-state index in [1.165, 1.54) is 31.5 Å². The summed E-state index contributed by atoms with van der Waals surface area (Å²) in [4.78, 5) is 6.85. The van der Waals surface area contributed by atoms with Crippen molar-refractivity contribution < 1.29 is 0 Å². The molecule has 3 nitrogen and oxygen atoms in total. The van der Waals surface area contributed by atoms with Crippen LogP contribution in [0.15, 0.2) is 18.3 Å². The Hall–Kier alpha value is -0.930. The third-order valence-electron chi connectivity index (χ3n) is 3.37. The van der Waals surface area contributed by atoms with Crippen LogP contribution in [-0.4, -0.2) is 36.1 Å². The fourth-order valence-electron chi connectivity index (χ4n) is 2.23. The van der Waals surface area contributed by atoms with Gasteiger partial charge in [0.2, 0.25) is 0 Å². The highest BCUT2D eigenvalue weighted by atomic mass is 15.1.